The molecule has 1 fully saturated rings. The second-order valence-corrected chi connectivity index (χ2v) is 5.56. The third-order valence-electron chi connectivity index (χ3n) is 3.24. The molecule has 0 radical (unpaired) electrons. The average molecular weight is 254 g/mol. The van der Waals surface area contributed by atoms with Crippen molar-refractivity contribution in [1.29, 1.82) is 0 Å². The number of halogens is 1. The third-order valence-corrected chi connectivity index (χ3v) is 4.39. The van der Waals surface area contributed by atoms with Crippen molar-refractivity contribution in [2.24, 2.45) is 0 Å². The first-order valence-electron chi connectivity index (χ1n) is 5.96. The average Bonchev–Trinajstić information content (AvgIpc) is 2.82. The molecule has 1 atom stereocenters. The maximum absolute atomic E-state index is 14.0. The topological polar surface area (TPSA) is 15.3 Å². The van der Waals surface area contributed by atoms with Crippen LogP contribution in [0.2, 0.25) is 0 Å². The van der Waals surface area contributed by atoms with Gasteiger partial charge in [-0.1, -0.05) is 12.1 Å². The van der Waals surface area contributed by atoms with Crippen molar-refractivity contribution in [3.63, 3.8) is 0 Å². The van der Waals surface area contributed by atoms with E-state index >= 15 is 0 Å². The number of hydrogen-bond acceptors (Lipinski definition) is 3. The van der Waals surface area contributed by atoms with E-state index in [0.717, 1.165) is 23.4 Å². The Kier molecular flexibility index (Phi) is 4.29. The summed E-state index contributed by atoms with van der Waals surface area (Å²) in [5.74, 6) is 2.17. The van der Waals surface area contributed by atoms with Crippen LogP contribution in [-0.4, -0.2) is 31.6 Å². The second-order valence-electron chi connectivity index (χ2n) is 4.41. The van der Waals surface area contributed by atoms with Crippen LogP contribution in [0.5, 0.6) is 0 Å². The lowest BCUT2D eigenvalue weighted by Gasteiger charge is -2.28. The minimum Gasteiger partial charge on any atom is -0.368 e. The number of nitrogens with one attached hydrogen (secondary N) is 1. The van der Waals surface area contributed by atoms with Crippen molar-refractivity contribution in [3.8, 4) is 0 Å². The van der Waals surface area contributed by atoms with Gasteiger partial charge in [0.05, 0.1) is 5.69 Å². The van der Waals surface area contributed by atoms with Crippen molar-refractivity contribution in [1.82, 2.24) is 5.32 Å². The van der Waals surface area contributed by atoms with E-state index in [4.69, 9.17) is 0 Å². The molecule has 1 heterocycles. The zero-order valence-corrected chi connectivity index (χ0v) is 11.2. The molecule has 0 saturated carbocycles. The summed E-state index contributed by atoms with van der Waals surface area (Å²) in [6, 6.07) is 5.79. The molecular formula is C13H19FN2S. The Morgan fingerprint density at radius 1 is 1.53 bits per heavy atom. The highest BCUT2D eigenvalue weighted by Gasteiger charge is 2.23. The molecule has 1 unspecified atom stereocenters. The van der Waals surface area contributed by atoms with Crippen molar-refractivity contribution >= 4 is 17.4 Å². The standard InChI is InChI=1S/C13H19FN2S/c1-15-8-10-4-3-5-12(14)13(10)16(2)11-6-7-17-9-11/h3-5,11,15H,6-9H2,1-2H3. The summed E-state index contributed by atoms with van der Waals surface area (Å²) in [5, 5.41) is 3.10. The normalized spacial score (nSPS) is 19.6. The summed E-state index contributed by atoms with van der Waals surface area (Å²) in [5.41, 5.74) is 1.79. The van der Waals surface area contributed by atoms with Crippen molar-refractivity contribution in [3.05, 3.63) is 29.6 Å². The fourth-order valence-corrected chi connectivity index (χ4v) is 3.57. The van der Waals surface area contributed by atoms with Gasteiger partial charge in [0.1, 0.15) is 5.82 Å². The van der Waals surface area contributed by atoms with E-state index in [-0.39, 0.29) is 5.82 Å². The van der Waals surface area contributed by atoms with Gasteiger partial charge < -0.3 is 10.2 Å². The van der Waals surface area contributed by atoms with Crippen LogP contribution < -0.4 is 10.2 Å². The highest BCUT2D eigenvalue weighted by atomic mass is 32.2. The first kappa shape index (κ1) is 12.7. The minimum atomic E-state index is -0.114. The Balaban J connectivity index is 2.28. The molecule has 1 saturated heterocycles. The van der Waals surface area contributed by atoms with Gasteiger partial charge in [-0.2, -0.15) is 11.8 Å². The monoisotopic (exact) mass is 254 g/mol. The zero-order chi connectivity index (χ0) is 12.3. The third kappa shape index (κ3) is 2.75. The van der Waals surface area contributed by atoms with Gasteiger partial charge in [-0.25, -0.2) is 4.39 Å². The van der Waals surface area contributed by atoms with Crippen LogP contribution >= 0.6 is 11.8 Å². The molecule has 1 aromatic carbocycles. The van der Waals surface area contributed by atoms with Crippen LogP contribution in [0.25, 0.3) is 0 Å². The van der Waals surface area contributed by atoms with Crippen LogP contribution in [0.1, 0.15) is 12.0 Å². The van der Waals surface area contributed by atoms with Crippen molar-refractivity contribution in [2.45, 2.75) is 19.0 Å². The summed E-state index contributed by atoms with van der Waals surface area (Å²) in [4.78, 5) is 2.11. The summed E-state index contributed by atoms with van der Waals surface area (Å²) >= 11 is 1.95. The molecule has 0 bridgehead atoms. The zero-order valence-electron chi connectivity index (χ0n) is 10.4. The Bertz CT molecular complexity index is 378. The second kappa shape index (κ2) is 5.74. The summed E-state index contributed by atoms with van der Waals surface area (Å²) in [7, 11) is 3.90. The van der Waals surface area contributed by atoms with Crippen molar-refractivity contribution < 1.29 is 4.39 Å². The van der Waals surface area contributed by atoms with Crippen LogP contribution in [-0.2, 0) is 6.54 Å². The number of hydrogen-bond donors (Lipinski definition) is 1. The maximum Gasteiger partial charge on any atom is 0.146 e. The fourth-order valence-electron chi connectivity index (χ4n) is 2.30. The SMILES string of the molecule is CNCc1cccc(F)c1N(C)C1CCSC1. The molecular weight excluding hydrogens is 235 g/mol. The van der Waals surface area contributed by atoms with Crippen molar-refractivity contribution in [2.75, 3.05) is 30.5 Å². The molecule has 1 aromatic rings. The van der Waals surface area contributed by atoms with Gasteiger partial charge in [-0.05, 0) is 30.9 Å². The van der Waals surface area contributed by atoms with Crippen LogP contribution in [0.15, 0.2) is 18.2 Å². The Morgan fingerprint density at radius 2 is 2.35 bits per heavy atom. The molecule has 2 nitrogen and oxygen atoms in total. The van der Waals surface area contributed by atoms with Crippen LogP contribution in [0, 0.1) is 5.82 Å². The summed E-state index contributed by atoms with van der Waals surface area (Å²) in [6.45, 7) is 0.706. The van der Waals surface area contributed by atoms with Gasteiger partial charge in [0.2, 0.25) is 0 Å². The highest BCUT2D eigenvalue weighted by Crippen LogP contribution is 2.30. The van der Waals surface area contributed by atoms with E-state index in [1.807, 2.05) is 31.9 Å². The Morgan fingerprint density at radius 3 is 3.00 bits per heavy atom. The maximum atomic E-state index is 14.0. The lowest BCUT2D eigenvalue weighted by atomic mass is 10.1. The Hall–Kier alpha value is -0.740. The molecule has 1 aliphatic heterocycles. The van der Waals surface area contributed by atoms with Gasteiger partial charge in [0.15, 0.2) is 0 Å². The number of benzene rings is 1. The number of nitrogens with zero attached hydrogens (tertiary/aromatic N) is 1. The molecule has 94 valence electrons. The molecule has 0 spiro atoms. The summed E-state index contributed by atoms with van der Waals surface area (Å²) in [6.07, 6.45) is 1.15. The molecule has 1 N–H and O–H groups in total. The van der Waals surface area contributed by atoms with Gasteiger partial charge in [0, 0.05) is 25.4 Å². The predicted molar refractivity (Wildman–Crippen MR) is 73.3 cm³/mol. The molecule has 4 heteroatoms. The predicted octanol–water partition coefficient (Wildman–Crippen LogP) is 2.49. The van der Waals surface area contributed by atoms with Crippen LogP contribution in [0.4, 0.5) is 10.1 Å². The first-order valence-corrected chi connectivity index (χ1v) is 7.12. The lowest BCUT2D eigenvalue weighted by Crippen LogP contribution is -2.33. The molecule has 0 aromatic heterocycles. The summed E-state index contributed by atoms with van der Waals surface area (Å²) < 4.78 is 14.0. The number of rotatable bonds is 4. The molecule has 0 aliphatic carbocycles. The van der Waals surface area contributed by atoms with E-state index in [9.17, 15) is 4.39 Å². The highest BCUT2D eigenvalue weighted by molar-refractivity contribution is 7.99. The first-order chi connectivity index (χ1) is 8.24. The number of thioether (sulfide) groups is 1. The lowest BCUT2D eigenvalue weighted by molar-refractivity contribution is 0.602. The smallest absolute Gasteiger partial charge is 0.146 e. The van der Waals surface area contributed by atoms with E-state index in [1.165, 1.54) is 5.75 Å². The van der Waals surface area contributed by atoms with Gasteiger partial charge in [-0.15, -0.1) is 0 Å². The van der Waals surface area contributed by atoms with E-state index in [0.29, 0.717) is 12.6 Å². The van der Waals surface area contributed by atoms with E-state index < -0.39 is 0 Å². The van der Waals surface area contributed by atoms with Crippen LogP contribution in [0.3, 0.4) is 0 Å². The quantitative estimate of drug-likeness (QED) is 0.888. The molecule has 17 heavy (non-hydrogen) atoms. The van der Waals surface area contributed by atoms with Gasteiger partial charge in [0.25, 0.3) is 0 Å². The largest absolute Gasteiger partial charge is 0.368 e. The molecule has 0 amide bonds. The van der Waals surface area contributed by atoms with Gasteiger partial charge >= 0.3 is 0 Å². The van der Waals surface area contributed by atoms with E-state index in [2.05, 4.69) is 10.2 Å². The number of anilines is 1. The number of para-hydroxylation sites is 1. The van der Waals surface area contributed by atoms with E-state index in [1.54, 1.807) is 12.1 Å². The molecule has 1 aliphatic rings. The molecule has 2 rings (SSSR count). The fraction of sp³-hybridized carbons (Fsp3) is 0.538. The van der Waals surface area contributed by atoms with Gasteiger partial charge in [-0.3, -0.25) is 0 Å². The Labute approximate surface area is 107 Å². The minimum absolute atomic E-state index is 0.114.